The summed E-state index contributed by atoms with van der Waals surface area (Å²) in [6, 6.07) is 32.1. The normalized spacial score (nSPS) is 12.7. The van der Waals surface area contributed by atoms with E-state index in [4.69, 9.17) is 16.0 Å². The number of ether oxygens (including phenoxy) is 1. The SMILES string of the molecule is COc1c(C)c(C)c(CP(Cl)(c2ccccc2)(c2ccccc2)c2ccccc2)c(C)c1C. The van der Waals surface area contributed by atoms with Crippen molar-refractivity contribution in [2.75, 3.05) is 7.11 Å². The zero-order valence-electron chi connectivity index (χ0n) is 20.1. The fourth-order valence-electron chi connectivity index (χ4n) is 5.13. The van der Waals surface area contributed by atoms with Gasteiger partial charge in [0.25, 0.3) is 0 Å². The molecule has 0 heterocycles. The number of benzene rings is 4. The molecule has 170 valence electrons. The molecule has 0 aliphatic heterocycles. The van der Waals surface area contributed by atoms with E-state index in [1.165, 1.54) is 43.7 Å². The molecule has 0 bridgehead atoms. The van der Waals surface area contributed by atoms with Crippen molar-refractivity contribution < 1.29 is 4.74 Å². The van der Waals surface area contributed by atoms with Gasteiger partial charge in [0.05, 0.1) is 0 Å². The predicted octanol–water partition coefficient (Wildman–Crippen LogP) is 7.11. The molecular formula is C30H32ClOP. The first kappa shape index (κ1) is 23.6. The fourth-order valence-corrected chi connectivity index (χ4v) is 11.4. The van der Waals surface area contributed by atoms with Crippen molar-refractivity contribution in [3.8, 4) is 5.75 Å². The Kier molecular flexibility index (Phi) is 6.41. The van der Waals surface area contributed by atoms with Crippen LogP contribution in [0.5, 0.6) is 5.75 Å². The molecule has 0 amide bonds. The van der Waals surface area contributed by atoms with Crippen molar-refractivity contribution in [2.45, 2.75) is 33.9 Å². The van der Waals surface area contributed by atoms with Crippen LogP contribution in [0.15, 0.2) is 91.0 Å². The van der Waals surface area contributed by atoms with Crippen LogP contribution in [-0.4, -0.2) is 7.11 Å². The molecule has 0 saturated heterocycles. The molecular weight excluding hydrogens is 443 g/mol. The maximum atomic E-state index is 8.33. The van der Waals surface area contributed by atoms with Crippen molar-refractivity contribution in [2.24, 2.45) is 0 Å². The zero-order chi connectivity index (χ0) is 23.7. The van der Waals surface area contributed by atoms with Crippen LogP contribution >= 0.6 is 17.2 Å². The number of rotatable bonds is 6. The van der Waals surface area contributed by atoms with Crippen LogP contribution in [0, 0.1) is 27.7 Å². The van der Waals surface area contributed by atoms with Crippen molar-refractivity contribution in [1.29, 1.82) is 0 Å². The topological polar surface area (TPSA) is 9.23 Å². The second kappa shape index (κ2) is 8.98. The zero-order valence-corrected chi connectivity index (χ0v) is 21.8. The molecule has 0 N–H and O–H groups in total. The molecule has 0 saturated carbocycles. The van der Waals surface area contributed by atoms with E-state index in [2.05, 4.69) is 119 Å². The van der Waals surface area contributed by atoms with Gasteiger partial charge in [0.15, 0.2) is 0 Å². The molecule has 4 aromatic carbocycles. The molecule has 0 radical (unpaired) electrons. The van der Waals surface area contributed by atoms with E-state index in [-0.39, 0.29) is 0 Å². The maximum absolute atomic E-state index is 8.33. The van der Waals surface area contributed by atoms with Crippen LogP contribution in [0.1, 0.15) is 27.8 Å². The molecule has 4 rings (SSSR count). The molecule has 0 aliphatic rings. The van der Waals surface area contributed by atoms with Crippen LogP contribution in [0.4, 0.5) is 0 Å². The van der Waals surface area contributed by atoms with E-state index in [0.717, 1.165) is 11.9 Å². The number of hydrogen-bond acceptors (Lipinski definition) is 1. The van der Waals surface area contributed by atoms with Gasteiger partial charge in [-0.1, -0.05) is 0 Å². The molecule has 1 nitrogen and oxygen atoms in total. The fraction of sp³-hybridized carbons (Fsp3) is 0.200. The van der Waals surface area contributed by atoms with Crippen molar-refractivity contribution in [3.63, 3.8) is 0 Å². The predicted molar refractivity (Wildman–Crippen MR) is 147 cm³/mol. The van der Waals surface area contributed by atoms with Gasteiger partial charge in [-0.2, -0.15) is 0 Å². The molecule has 0 atom stereocenters. The van der Waals surface area contributed by atoms with Crippen LogP contribution in [0.2, 0.25) is 0 Å². The van der Waals surface area contributed by atoms with Crippen LogP contribution in [0.3, 0.4) is 0 Å². The van der Waals surface area contributed by atoms with Gasteiger partial charge >= 0.3 is 203 Å². The summed E-state index contributed by atoms with van der Waals surface area (Å²) in [7, 11) is 1.76. The Morgan fingerprint density at radius 1 is 0.576 bits per heavy atom. The van der Waals surface area contributed by atoms with Crippen molar-refractivity contribution in [1.82, 2.24) is 0 Å². The monoisotopic (exact) mass is 474 g/mol. The van der Waals surface area contributed by atoms with Crippen LogP contribution in [0.25, 0.3) is 0 Å². The minimum atomic E-state index is -3.39. The first-order valence-electron chi connectivity index (χ1n) is 11.4. The minimum absolute atomic E-state index is 0.745. The third-order valence-electron chi connectivity index (χ3n) is 7.25. The van der Waals surface area contributed by atoms with E-state index >= 15 is 0 Å². The summed E-state index contributed by atoms with van der Waals surface area (Å²) in [4.78, 5) is 0. The van der Waals surface area contributed by atoms with E-state index in [1.54, 1.807) is 7.11 Å². The average Bonchev–Trinajstić information content (AvgIpc) is 2.87. The average molecular weight is 475 g/mol. The second-order valence-corrected chi connectivity index (χ2v) is 15.3. The van der Waals surface area contributed by atoms with Gasteiger partial charge < -0.3 is 0 Å². The number of hydrogen-bond donors (Lipinski definition) is 0. The van der Waals surface area contributed by atoms with Crippen molar-refractivity contribution in [3.05, 3.63) is 119 Å². The molecule has 4 aromatic rings. The first-order chi connectivity index (χ1) is 15.8. The molecule has 0 spiro atoms. The molecule has 0 fully saturated rings. The van der Waals surface area contributed by atoms with Gasteiger partial charge in [0, 0.05) is 0 Å². The first-order valence-corrected chi connectivity index (χ1v) is 14.7. The summed E-state index contributed by atoms with van der Waals surface area (Å²) in [6.07, 6.45) is 0.745. The molecule has 0 aliphatic carbocycles. The van der Waals surface area contributed by atoms with E-state index in [0.29, 0.717) is 0 Å². The molecule has 0 unspecified atom stereocenters. The second-order valence-electron chi connectivity index (χ2n) is 8.86. The third kappa shape index (κ3) is 3.68. The van der Waals surface area contributed by atoms with Crippen molar-refractivity contribution >= 4 is 33.1 Å². The summed E-state index contributed by atoms with van der Waals surface area (Å²) < 4.78 is 5.78. The van der Waals surface area contributed by atoms with Crippen LogP contribution in [-0.2, 0) is 6.16 Å². The summed E-state index contributed by atoms with van der Waals surface area (Å²) in [6.45, 7) is 8.72. The summed E-state index contributed by atoms with van der Waals surface area (Å²) in [5.41, 5.74) is 6.20. The summed E-state index contributed by atoms with van der Waals surface area (Å²) in [5.74, 6) is -2.42. The Balaban J connectivity index is 2.15. The van der Waals surface area contributed by atoms with E-state index in [9.17, 15) is 0 Å². The van der Waals surface area contributed by atoms with Gasteiger partial charge in [-0.15, -0.1) is 0 Å². The molecule has 3 heteroatoms. The summed E-state index contributed by atoms with van der Waals surface area (Å²) in [5, 5.41) is 3.56. The summed E-state index contributed by atoms with van der Waals surface area (Å²) >= 11 is 8.33. The van der Waals surface area contributed by atoms with Gasteiger partial charge in [-0.05, 0) is 0 Å². The quantitative estimate of drug-likeness (QED) is 0.270. The Morgan fingerprint density at radius 3 is 1.21 bits per heavy atom. The van der Waals surface area contributed by atoms with Gasteiger partial charge in [-0.25, -0.2) is 0 Å². The number of methoxy groups -OCH3 is 1. The standard InChI is InChI=1S/C30H32ClOP/c1-22-24(3)30(32-5)25(4)23(2)29(22)21-33(31,26-15-9-6-10-16-26,27-17-11-7-12-18-27)28-19-13-8-14-20-28/h6-20H,21H2,1-5H3. The Morgan fingerprint density at radius 2 is 0.909 bits per heavy atom. The van der Waals surface area contributed by atoms with E-state index < -0.39 is 5.96 Å². The van der Waals surface area contributed by atoms with Gasteiger partial charge in [0.1, 0.15) is 0 Å². The Bertz CT molecular complexity index is 1140. The van der Waals surface area contributed by atoms with Gasteiger partial charge in [-0.3, -0.25) is 0 Å². The molecule has 0 aromatic heterocycles. The van der Waals surface area contributed by atoms with Crippen LogP contribution < -0.4 is 20.7 Å². The van der Waals surface area contributed by atoms with Gasteiger partial charge in [0.2, 0.25) is 0 Å². The Hall–Kier alpha value is -2.60. The van der Waals surface area contributed by atoms with E-state index in [1.807, 2.05) is 0 Å². The molecule has 33 heavy (non-hydrogen) atoms. The third-order valence-corrected chi connectivity index (χ3v) is 14.4. The Labute approximate surface area is 203 Å². The number of halogens is 1.